The van der Waals surface area contributed by atoms with Gasteiger partial charge in [0.15, 0.2) is 6.10 Å². The number of hydrogen-bond donors (Lipinski definition) is 0. The van der Waals surface area contributed by atoms with Crippen molar-refractivity contribution in [3.8, 4) is 0 Å². The monoisotopic (exact) mass is 1140 g/mol. The standard InChI is InChI=1S/C77H122O6/c1-4-7-10-13-16-19-22-25-28-31-33-35-37-38-40-41-43-46-49-52-55-58-61-64-67-70-76(79)82-73-74(72-81-75(78)69-66-63-60-57-54-51-48-45-30-27-24-21-18-15-12-9-6-3)83-77(80)71-68-65-62-59-56-53-50-47-44-42-39-36-34-32-29-26-23-20-17-14-11-8-5-2/h7-8,10-11,16-17,19-20,25-26,28-29,33-36,38,40,42-44,46,50,52-53,55,59,62,74H,4-6,9,12-15,18,21-24,27,30-32,37,39,41,45,47-49,51,54,56-58,60-61,63-73H2,1-3H3/b10-7-,11-8-,19-16-,20-17-,28-25-,29-26-,35-33-,36-34-,40-38-,44-42-,46-43-,53-50-,55-52-,62-59-. The lowest BCUT2D eigenvalue weighted by Gasteiger charge is -2.18. The largest absolute Gasteiger partial charge is 0.462 e. The molecule has 0 aliphatic carbocycles. The van der Waals surface area contributed by atoms with E-state index >= 15 is 0 Å². The van der Waals surface area contributed by atoms with Crippen molar-refractivity contribution in [3.63, 3.8) is 0 Å². The second-order valence-corrected chi connectivity index (χ2v) is 21.6. The average molecular weight is 1140 g/mol. The van der Waals surface area contributed by atoms with Gasteiger partial charge in [-0.1, -0.05) is 300 Å². The summed E-state index contributed by atoms with van der Waals surface area (Å²) in [5, 5.41) is 0. The van der Waals surface area contributed by atoms with Crippen LogP contribution in [0, 0.1) is 0 Å². The van der Waals surface area contributed by atoms with E-state index < -0.39 is 6.10 Å². The molecule has 0 N–H and O–H groups in total. The quantitative estimate of drug-likeness (QED) is 0.0261. The second kappa shape index (κ2) is 69.3. The number of rotatable bonds is 59. The summed E-state index contributed by atoms with van der Waals surface area (Å²) >= 11 is 0. The number of carbonyl (C=O) groups excluding carboxylic acids is 3. The lowest BCUT2D eigenvalue weighted by atomic mass is 10.0. The molecule has 0 saturated heterocycles. The Morgan fingerprint density at radius 1 is 0.253 bits per heavy atom. The first-order chi connectivity index (χ1) is 41.0. The Bertz CT molecular complexity index is 1890. The third kappa shape index (κ3) is 67.4. The summed E-state index contributed by atoms with van der Waals surface area (Å²) in [6.45, 7) is 6.35. The Kier molecular flexibility index (Phi) is 64.9. The maximum Gasteiger partial charge on any atom is 0.306 e. The van der Waals surface area contributed by atoms with E-state index in [1.807, 2.05) is 0 Å². The van der Waals surface area contributed by atoms with Gasteiger partial charge in [0.1, 0.15) is 13.2 Å². The highest BCUT2D eigenvalue weighted by Gasteiger charge is 2.19. The van der Waals surface area contributed by atoms with Crippen LogP contribution in [0.2, 0.25) is 0 Å². The van der Waals surface area contributed by atoms with Gasteiger partial charge < -0.3 is 14.2 Å². The van der Waals surface area contributed by atoms with Crippen molar-refractivity contribution in [1.29, 1.82) is 0 Å². The molecule has 0 saturated carbocycles. The van der Waals surface area contributed by atoms with Crippen molar-refractivity contribution in [2.45, 2.75) is 284 Å². The van der Waals surface area contributed by atoms with Gasteiger partial charge >= 0.3 is 17.9 Å². The van der Waals surface area contributed by atoms with Crippen LogP contribution in [0.15, 0.2) is 170 Å². The maximum atomic E-state index is 12.9. The maximum absolute atomic E-state index is 12.9. The van der Waals surface area contributed by atoms with Gasteiger partial charge in [0, 0.05) is 19.3 Å². The summed E-state index contributed by atoms with van der Waals surface area (Å²) < 4.78 is 16.9. The third-order valence-corrected chi connectivity index (χ3v) is 13.7. The minimum absolute atomic E-state index is 0.117. The summed E-state index contributed by atoms with van der Waals surface area (Å²) in [5.74, 6) is -1.01. The number of hydrogen-bond acceptors (Lipinski definition) is 6. The molecule has 0 amide bonds. The molecule has 0 aromatic heterocycles. The van der Waals surface area contributed by atoms with Gasteiger partial charge in [-0.25, -0.2) is 0 Å². The molecule has 83 heavy (non-hydrogen) atoms. The normalized spacial score (nSPS) is 13.2. The number of esters is 3. The van der Waals surface area contributed by atoms with Crippen molar-refractivity contribution < 1.29 is 28.6 Å². The minimum atomic E-state index is -0.833. The Morgan fingerprint density at radius 2 is 0.482 bits per heavy atom. The van der Waals surface area contributed by atoms with Crippen LogP contribution in [0.25, 0.3) is 0 Å². The van der Waals surface area contributed by atoms with Gasteiger partial charge in [-0.2, -0.15) is 0 Å². The molecule has 1 atom stereocenters. The Labute approximate surface area is 511 Å². The molecular weight excluding hydrogens is 1020 g/mol. The Morgan fingerprint density at radius 3 is 0.771 bits per heavy atom. The topological polar surface area (TPSA) is 78.9 Å². The molecule has 0 spiro atoms. The van der Waals surface area contributed by atoms with E-state index in [1.54, 1.807) is 0 Å². The van der Waals surface area contributed by atoms with E-state index in [2.05, 4.69) is 191 Å². The SMILES string of the molecule is CC/C=C\C/C=C\C/C=C\C/C=C\C/C=C\C/C=C\C/C=C\CCCCCC(=O)OCC(COC(=O)CCCCCCCCCCCCCCCCCCC)OC(=O)CCC/C=C\C/C=C\C/C=C\C/C=C\C/C=C\C/C=C\C/C=C\CC. The fraction of sp³-hybridized carbons (Fsp3) is 0.597. The predicted octanol–water partition coefficient (Wildman–Crippen LogP) is 23.4. The highest BCUT2D eigenvalue weighted by atomic mass is 16.6. The molecule has 0 rings (SSSR count). The lowest BCUT2D eigenvalue weighted by molar-refractivity contribution is -0.167. The summed E-state index contributed by atoms with van der Waals surface area (Å²) in [5.41, 5.74) is 0. The number of unbranched alkanes of at least 4 members (excludes halogenated alkanes) is 20. The average Bonchev–Trinajstić information content (AvgIpc) is 3.49. The molecule has 466 valence electrons. The van der Waals surface area contributed by atoms with E-state index in [9.17, 15) is 14.4 Å². The van der Waals surface area contributed by atoms with E-state index in [0.717, 1.165) is 141 Å². The molecule has 0 aliphatic heterocycles. The van der Waals surface area contributed by atoms with Gasteiger partial charge in [0.2, 0.25) is 0 Å². The molecule has 0 fully saturated rings. The van der Waals surface area contributed by atoms with Crippen LogP contribution in [-0.4, -0.2) is 37.2 Å². The van der Waals surface area contributed by atoms with Gasteiger partial charge in [-0.3, -0.25) is 14.4 Å². The van der Waals surface area contributed by atoms with Crippen LogP contribution in [0.4, 0.5) is 0 Å². The highest BCUT2D eigenvalue weighted by molar-refractivity contribution is 5.71. The summed E-state index contributed by atoms with van der Waals surface area (Å²) in [6.07, 6.45) is 102. The lowest BCUT2D eigenvalue weighted by Crippen LogP contribution is -2.30. The number of ether oxygens (including phenoxy) is 3. The van der Waals surface area contributed by atoms with Crippen LogP contribution in [0.5, 0.6) is 0 Å². The summed E-state index contributed by atoms with van der Waals surface area (Å²) in [7, 11) is 0. The first kappa shape index (κ1) is 77.8. The van der Waals surface area contributed by atoms with Gasteiger partial charge in [0.05, 0.1) is 0 Å². The minimum Gasteiger partial charge on any atom is -0.462 e. The molecule has 0 aliphatic rings. The summed E-state index contributed by atoms with van der Waals surface area (Å²) in [6, 6.07) is 0. The Balaban J connectivity index is 4.57. The van der Waals surface area contributed by atoms with E-state index in [-0.39, 0.29) is 37.5 Å². The van der Waals surface area contributed by atoms with Crippen molar-refractivity contribution in [1.82, 2.24) is 0 Å². The zero-order valence-corrected chi connectivity index (χ0v) is 53.4. The fourth-order valence-corrected chi connectivity index (χ4v) is 8.77. The van der Waals surface area contributed by atoms with Gasteiger partial charge in [-0.15, -0.1) is 0 Å². The first-order valence-electron chi connectivity index (χ1n) is 33.6. The predicted molar refractivity (Wildman–Crippen MR) is 361 cm³/mol. The molecular formula is C77H122O6. The molecule has 0 aromatic rings. The highest BCUT2D eigenvalue weighted by Crippen LogP contribution is 2.15. The van der Waals surface area contributed by atoms with Crippen LogP contribution >= 0.6 is 0 Å². The Hall–Kier alpha value is -5.23. The molecule has 0 aromatic carbocycles. The van der Waals surface area contributed by atoms with Crippen LogP contribution < -0.4 is 0 Å². The van der Waals surface area contributed by atoms with Crippen molar-refractivity contribution >= 4 is 17.9 Å². The van der Waals surface area contributed by atoms with E-state index in [4.69, 9.17) is 14.2 Å². The van der Waals surface area contributed by atoms with Crippen LogP contribution in [-0.2, 0) is 28.6 Å². The van der Waals surface area contributed by atoms with Crippen molar-refractivity contribution in [2.24, 2.45) is 0 Å². The number of allylic oxidation sites excluding steroid dienone is 28. The molecule has 0 heterocycles. The van der Waals surface area contributed by atoms with Crippen molar-refractivity contribution in [2.75, 3.05) is 13.2 Å². The van der Waals surface area contributed by atoms with Crippen LogP contribution in [0.3, 0.4) is 0 Å². The van der Waals surface area contributed by atoms with Crippen molar-refractivity contribution in [3.05, 3.63) is 170 Å². The molecule has 1 unspecified atom stereocenters. The molecule has 6 heteroatoms. The zero-order chi connectivity index (χ0) is 59.9. The smallest absolute Gasteiger partial charge is 0.306 e. The molecule has 6 nitrogen and oxygen atoms in total. The molecule has 0 radical (unpaired) electrons. The van der Waals surface area contributed by atoms with E-state index in [0.29, 0.717) is 19.3 Å². The van der Waals surface area contributed by atoms with Gasteiger partial charge in [-0.05, 0) is 128 Å². The fourth-order valence-electron chi connectivity index (χ4n) is 8.77. The molecule has 0 bridgehead atoms. The number of carbonyl (C=O) groups is 3. The first-order valence-corrected chi connectivity index (χ1v) is 33.6. The second-order valence-electron chi connectivity index (χ2n) is 21.6. The summed E-state index contributed by atoms with van der Waals surface area (Å²) in [4.78, 5) is 38.4. The third-order valence-electron chi connectivity index (χ3n) is 13.7. The van der Waals surface area contributed by atoms with E-state index in [1.165, 1.54) is 89.9 Å². The zero-order valence-electron chi connectivity index (χ0n) is 53.4. The van der Waals surface area contributed by atoms with Crippen LogP contribution in [0.1, 0.15) is 278 Å². The van der Waals surface area contributed by atoms with Gasteiger partial charge in [0.25, 0.3) is 0 Å².